The molecule has 0 fully saturated rings. The molecule has 27 heavy (non-hydrogen) atoms. The lowest BCUT2D eigenvalue weighted by Gasteiger charge is -2.23. The van der Waals surface area contributed by atoms with E-state index in [1.807, 2.05) is 6.92 Å². The topological polar surface area (TPSA) is 84.9 Å². The molecule has 0 aliphatic carbocycles. The molecule has 0 spiro atoms. The van der Waals surface area contributed by atoms with Crippen molar-refractivity contribution in [3.8, 4) is 0 Å². The number of nitrogens with one attached hydrogen (secondary N) is 1. The summed E-state index contributed by atoms with van der Waals surface area (Å²) in [6, 6.07) is 6.68. The van der Waals surface area contributed by atoms with Crippen LogP contribution in [0.1, 0.15) is 23.7 Å². The van der Waals surface area contributed by atoms with Crippen LogP contribution < -0.4 is 10.2 Å². The van der Waals surface area contributed by atoms with E-state index in [0.717, 1.165) is 6.42 Å². The lowest BCUT2D eigenvalue weighted by atomic mass is 10.1. The fourth-order valence-electron chi connectivity index (χ4n) is 2.48. The minimum absolute atomic E-state index is 0.0255. The molecule has 1 aromatic carbocycles. The number of amides is 1. The monoisotopic (exact) mass is 370 g/mol. The predicted octanol–water partition coefficient (Wildman–Crippen LogP) is 2.32. The van der Waals surface area contributed by atoms with Crippen molar-refractivity contribution in [3.05, 3.63) is 65.5 Å². The van der Waals surface area contributed by atoms with Crippen molar-refractivity contribution in [2.24, 2.45) is 0 Å². The first-order chi connectivity index (χ1) is 13.0. The normalized spacial score (nSPS) is 13.2. The molecule has 0 atom stereocenters. The Balaban J connectivity index is 2.43. The van der Waals surface area contributed by atoms with E-state index in [-0.39, 0.29) is 17.2 Å². The van der Waals surface area contributed by atoms with Crippen LogP contribution in [0.25, 0.3) is 0 Å². The van der Waals surface area contributed by atoms with E-state index in [1.165, 1.54) is 25.2 Å². The quantitative estimate of drug-likeness (QED) is 0.774. The van der Waals surface area contributed by atoms with Gasteiger partial charge in [-0.1, -0.05) is 13.0 Å². The summed E-state index contributed by atoms with van der Waals surface area (Å²) >= 11 is 0. The van der Waals surface area contributed by atoms with Crippen LogP contribution in [0.15, 0.2) is 60.0 Å². The Hall–Kier alpha value is -3.35. The number of allylic oxidation sites excluding steroid dienone is 2. The number of benzene rings is 1. The van der Waals surface area contributed by atoms with Crippen LogP contribution in [0.3, 0.4) is 0 Å². The van der Waals surface area contributed by atoms with Crippen LogP contribution in [0, 0.1) is 0 Å². The molecule has 0 saturated carbocycles. The molecule has 7 heteroatoms. The smallest absolute Gasteiger partial charge is 0.355 e. The van der Waals surface area contributed by atoms with Crippen molar-refractivity contribution < 1.29 is 23.9 Å². The number of anilines is 1. The van der Waals surface area contributed by atoms with Crippen LogP contribution >= 0.6 is 0 Å². The zero-order valence-corrected chi connectivity index (χ0v) is 15.5. The summed E-state index contributed by atoms with van der Waals surface area (Å²) in [4.78, 5) is 38.1. The molecule has 1 amide bonds. The Bertz CT molecular complexity index is 806. The van der Waals surface area contributed by atoms with Gasteiger partial charge in [0.15, 0.2) is 0 Å². The van der Waals surface area contributed by atoms with Crippen molar-refractivity contribution in [2.75, 3.05) is 25.7 Å². The van der Waals surface area contributed by atoms with Gasteiger partial charge in [0.2, 0.25) is 0 Å². The molecular weight excluding hydrogens is 348 g/mol. The molecule has 0 radical (unpaired) electrons. The molecule has 1 N–H and O–H groups in total. The highest BCUT2D eigenvalue weighted by molar-refractivity contribution is 6.05. The minimum Gasteiger partial charge on any atom is -0.465 e. The van der Waals surface area contributed by atoms with Gasteiger partial charge in [0.25, 0.3) is 5.91 Å². The largest absolute Gasteiger partial charge is 0.465 e. The maximum Gasteiger partial charge on any atom is 0.355 e. The van der Waals surface area contributed by atoms with Crippen LogP contribution in [-0.4, -0.2) is 38.6 Å². The van der Waals surface area contributed by atoms with Crippen molar-refractivity contribution in [2.45, 2.75) is 13.3 Å². The van der Waals surface area contributed by atoms with E-state index >= 15 is 0 Å². The maximum absolute atomic E-state index is 12.4. The van der Waals surface area contributed by atoms with Crippen molar-refractivity contribution in [1.82, 2.24) is 5.32 Å². The molecule has 7 nitrogen and oxygen atoms in total. The Morgan fingerprint density at radius 1 is 1.00 bits per heavy atom. The fourth-order valence-corrected chi connectivity index (χ4v) is 2.48. The molecule has 1 heterocycles. The number of carbonyl (C=O) groups excluding carboxylic acids is 3. The SMILES string of the molecule is CCCNC(=O)c1ccc(N2C=CC=CC(C(=O)OC)=C2C(=O)OC)cc1. The van der Waals surface area contributed by atoms with Crippen molar-refractivity contribution >= 4 is 23.5 Å². The zero-order valence-electron chi connectivity index (χ0n) is 15.5. The highest BCUT2D eigenvalue weighted by atomic mass is 16.5. The van der Waals surface area contributed by atoms with Crippen LogP contribution in [0.5, 0.6) is 0 Å². The molecule has 0 aromatic heterocycles. The summed E-state index contributed by atoms with van der Waals surface area (Å²) in [7, 11) is 2.48. The van der Waals surface area contributed by atoms with Gasteiger partial charge in [0.05, 0.1) is 19.8 Å². The average molecular weight is 370 g/mol. The second-order valence-electron chi connectivity index (χ2n) is 5.62. The van der Waals surface area contributed by atoms with Gasteiger partial charge in [-0.2, -0.15) is 0 Å². The third kappa shape index (κ3) is 4.63. The first-order valence-electron chi connectivity index (χ1n) is 8.46. The van der Waals surface area contributed by atoms with E-state index < -0.39 is 11.9 Å². The standard InChI is InChI=1S/C20H22N2O5/c1-4-12-21-18(23)14-8-10-15(11-9-14)22-13-6-5-7-16(19(24)26-2)17(22)20(25)27-3/h5-11,13H,4,12H2,1-3H3,(H,21,23). The van der Waals surface area contributed by atoms with E-state index in [4.69, 9.17) is 9.47 Å². The van der Waals surface area contributed by atoms with Gasteiger partial charge in [-0.15, -0.1) is 0 Å². The number of nitrogens with zero attached hydrogens (tertiary/aromatic N) is 1. The summed E-state index contributed by atoms with van der Waals surface area (Å²) in [5.74, 6) is -1.51. The van der Waals surface area contributed by atoms with Crippen LogP contribution in [0.4, 0.5) is 5.69 Å². The summed E-state index contributed by atoms with van der Waals surface area (Å²) in [6.07, 6.45) is 7.27. The van der Waals surface area contributed by atoms with Gasteiger partial charge in [0.1, 0.15) is 5.70 Å². The number of hydrogen-bond donors (Lipinski definition) is 1. The lowest BCUT2D eigenvalue weighted by Crippen LogP contribution is -2.27. The molecule has 0 unspecified atom stereocenters. The summed E-state index contributed by atoms with van der Waals surface area (Å²) in [5.41, 5.74) is 1.18. The molecule has 0 saturated heterocycles. The Morgan fingerprint density at radius 2 is 1.67 bits per heavy atom. The first kappa shape index (κ1) is 20.0. The minimum atomic E-state index is -0.684. The second-order valence-corrected chi connectivity index (χ2v) is 5.62. The fraction of sp³-hybridized carbons (Fsp3) is 0.250. The van der Waals surface area contributed by atoms with E-state index in [0.29, 0.717) is 17.8 Å². The van der Waals surface area contributed by atoms with Crippen LogP contribution in [0.2, 0.25) is 0 Å². The summed E-state index contributed by atoms with van der Waals surface area (Å²) < 4.78 is 9.63. The Kier molecular flexibility index (Phi) is 6.93. The third-order valence-corrected chi connectivity index (χ3v) is 3.83. The van der Waals surface area contributed by atoms with Gasteiger partial charge < -0.3 is 19.7 Å². The molecule has 1 aliphatic rings. The van der Waals surface area contributed by atoms with Gasteiger partial charge in [-0.3, -0.25) is 4.79 Å². The highest BCUT2D eigenvalue weighted by Crippen LogP contribution is 2.26. The highest BCUT2D eigenvalue weighted by Gasteiger charge is 2.27. The van der Waals surface area contributed by atoms with Gasteiger partial charge in [-0.05, 0) is 42.8 Å². The Labute approximate surface area is 157 Å². The number of methoxy groups -OCH3 is 2. The van der Waals surface area contributed by atoms with Crippen molar-refractivity contribution in [3.63, 3.8) is 0 Å². The molecule has 1 aliphatic heterocycles. The molecular formula is C20H22N2O5. The summed E-state index contributed by atoms with van der Waals surface area (Å²) in [5, 5.41) is 2.80. The number of ether oxygens (including phenoxy) is 2. The van der Waals surface area contributed by atoms with Crippen molar-refractivity contribution in [1.29, 1.82) is 0 Å². The average Bonchev–Trinajstić information content (AvgIpc) is 2.93. The van der Waals surface area contributed by atoms with E-state index in [1.54, 1.807) is 42.6 Å². The summed E-state index contributed by atoms with van der Waals surface area (Å²) in [6.45, 7) is 2.57. The predicted molar refractivity (Wildman–Crippen MR) is 101 cm³/mol. The zero-order chi connectivity index (χ0) is 19.8. The lowest BCUT2D eigenvalue weighted by molar-refractivity contribution is -0.139. The van der Waals surface area contributed by atoms with E-state index in [2.05, 4.69) is 5.32 Å². The van der Waals surface area contributed by atoms with Gasteiger partial charge in [-0.25, -0.2) is 9.59 Å². The molecule has 2 rings (SSSR count). The molecule has 0 bridgehead atoms. The maximum atomic E-state index is 12.4. The van der Waals surface area contributed by atoms with Gasteiger partial charge in [0, 0.05) is 24.0 Å². The van der Waals surface area contributed by atoms with E-state index in [9.17, 15) is 14.4 Å². The number of esters is 2. The number of rotatable bonds is 6. The number of carbonyl (C=O) groups is 3. The first-order valence-corrected chi connectivity index (χ1v) is 8.46. The molecule has 142 valence electrons. The van der Waals surface area contributed by atoms with Gasteiger partial charge >= 0.3 is 11.9 Å². The van der Waals surface area contributed by atoms with Crippen LogP contribution in [-0.2, 0) is 19.1 Å². The Morgan fingerprint density at radius 3 is 2.26 bits per heavy atom. The number of hydrogen-bond acceptors (Lipinski definition) is 6. The third-order valence-electron chi connectivity index (χ3n) is 3.83. The second kappa shape index (κ2) is 9.38. The molecule has 1 aromatic rings.